The van der Waals surface area contributed by atoms with Crippen LogP contribution in [0.2, 0.25) is 0 Å². The SMILES string of the molecule is C=CCn1c(O)c(C(CC)=Nc2ccc(C(=O)OCC)cc2)c(=O)[nH]c1=O. The number of aromatic nitrogens is 2. The lowest BCUT2D eigenvalue weighted by atomic mass is 10.1. The minimum Gasteiger partial charge on any atom is -0.494 e. The van der Waals surface area contributed by atoms with Crippen molar-refractivity contribution in [3.8, 4) is 5.88 Å². The second kappa shape index (κ2) is 8.79. The molecule has 0 aliphatic carbocycles. The summed E-state index contributed by atoms with van der Waals surface area (Å²) in [4.78, 5) is 42.3. The standard InChI is InChI=1S/C19H21N3O5/c1-4-11-22-17(24)15(16(23)21-19(22)26)14(5-2)20-13-9-7-12(8-10-13)18(25)27-6-3/h4,7-10,24H,1,5-6,11H2,2-3H3,(H,21,23,26). The van der Waals surface area contributed by atoms with E-state index >= 15 is 0 Å². The minimum absolute atomic E-state index is 0.0413. The van der Waals surface area contributed by atoms with Gasteiger partial charge in [0.2, 0.25) is 5.88 Å². The summed E-state index contributed by atoms with van der Waals surface area (Å²) in [6.07, 6.45) is 1.77. The van der Waals surface area contributed by atoms with Crippen molar-refractivity contribution < 1.29 is 14.6 Å². The van der Waals surface area contributed by atoms with Crippen LogP contribution in [0.15, 0.2) is 51.5 Å². The number of H-pyrrole nitrogens is 1. The molecule has 0 aliphatic heterocycles. The topological polar surface area (TPSA) is 114 Å². The summed E-state index contributed by atoms with van der Waals surface area (Å²) in [5.41, 5.74) is -0.352. The van der Waals surface area contributed by atoms with Crippen molar-refractivity contribution in [3.63, 3.8) is 0 Å². The van der Waals surface area contributed by atoms with Gasteiger partial charge in [0, 0.05) is 6.54 Å². The molecule has 142 valence electrons. The fourth-order valence-electron chi connectivity index (χ4n) is 2.47. The number of benzene rings is 1. The second-order valence-corrected chi connectivity index (χ2v) is 5.54. The third kappa shape index (κ3) is 4.41. The Morgan fingerprint density at radius 1 is 1.30 bits per heavy atom. The number of allylic oxidation sites excluding steroid dienone is 1. The first-order chi connectivity index (χ1) is 12.9. The van der Waals surface area contributed by atoms with Crippen LogP contribution < -0.4 is 11.2 Å². The van der Waals surface area contributed by atoms with Crippen LogP contribution in [0.1, 0.15) is 36.2 Å². The number of nitrogens with one attached hydrogen (secondary N) is 1. The largest absolute Gasteiger partial charge is 0.494 e. The number of rotatable bonds is 7. The van der Waals surface area contributed by atoms with E-state index in [0.717, 1.165) is 4.57 Å². The molecule has 0 saturated carbocycles. The zero-order valence-corrected chi connectivity index (χ0v) is 15.2. The van der Waals surface area contributed by atoms with Gasteiger partial charge >= 0.3 is 11.7 Å². The summed E-state index contributed by atoms with van der Waals surface area (Å²) < 4.78 is 5.92. The third-order valence-electron chi connectivity index (χ3n) is 3.75. The van der Waals surface area contributed by atoms with E-state index in [4.69, 9.17) is 4.74 Å². The number of ether oxygens (including phenoxy) is 1. The molecule has 0 atom stereocenters. The van der Waals surface area contributed by atoms with Crippen molar-refractivity contribution in [1.29, 1.82) is 0 Å². The first-order valence-corrected chi connectivity index (χ1v) is 8.45. The first kappa shape index (κ1) is 19.9. The number of nitrogens with zero attached hydrogens (tertiary/aromatic N) is 2. The van der Waals surface area contributed by atoms with Gasteiger partial charge in [-0.3, -0.25) is 19.3 Å². The van der Waals surface area contributed by atoms with Crippen molar-refractivity contribution in [2.24, 2.45) is 4.99 Å². The predicted molar refractivity (Wildman–Crippen MR) is 102 cm³/mol. The number of aliphatic imine (C=N–C) groups is 1. The van der Waals surface area contributed by atoms with Crippen molar-refractivity contribution in [1.82, 2.24) is 9.55 Å². The molecule has 8 heteroatoms. The Balaban J connectivity index is 2.49. The van der Waals surface area contributed by atoms with Crippen molar-refractivity contribution in [3.05, 3.63) is 68.9 Å². The van der Waals surface area contributed by atoms with E-state index in [9.17, 15) is 19.5 Å². The van der Waals surface area contributed by atoms with Gasteiger partial charge in [0.05, 0.1) is 23.6 Å². The van der Waals surface area contributed by atoms with Crippen molar-refractivity contribution in [2.75, 3.05) is 6.61 Å². The van der Waals surface area contributed by atoms with Crippen molar-refractivity contribution >= 4 is 17.4 Å². The number of esters is 1. The molecule has 0 bridgehead atoms. The third-order valence-corrected chi connectivity index (χ3v) is 3.75. The van der Waals surface area contributed by atoms with Gasteiger partial charge in [-0.05, 0) is 37.6 Å². The maximum Gasteiger partial charge on any atom is 0.338 e. The highest BCUT2D eigenvalue weighted by Crippen LogP contribution is 2.19. The number of carbonyl (C=O) groups excluding carboxylic acids is 1. The molecule has 8 nitrogen and oxygen atoms in total. The molecule has 0 unspecified atom stereocenters. The van der Waals surface area contributed by atoms with Crippen LogP contribution in [0, 0.1) is 0 Å². The normalized spacial score (nSPS) is 11.3. The van der Waals surface area contributed by atoms with Crippen LogP contribution in [0.5, 0.6) is 5.88 Å². The molecule has 0 spiro atoms. The summed E-state index contributed by atoms with van der Waals surface area (Å²) in [5, 5.41) is 10.4. The molecule has 0 fully saturated rings. The molecule has 0 aliphatic rings. The van der Waals surface area contributed by atoms with Gasteiger partial charge in [0.1, 0.15) is 5.56 Å². The summed E-state index contributed by atoms with van der Waals surface area (Å²) in [6.45, 7) is 7.34. The van der Waals surface area contributed by atoms with Crippen LogP contribution >= 0.6 is 0 Å². The van der Waals surface area contributed by atoms with Gasteiger partial charge in [-0.1, -0.05) is 13.0 Å². The summed E-state index contributed by atoms with van der Waals surface area (Å²) in [5.74, 6) is -0.901. The average molecular weight is 371 g/mol. The molecule has 1 aromatic heterocycles. The lowest BCUT2D eigenvalue weighted by Crippen LogP contribution is -2.33. The van der Waals surface area contributed by atoms with E-state index in [1.807, 2.05) is 0 Å². The van der Waals surface area contributed by atoms with Crippen LogP contribution in [-0.2, 0) is 11.3 Å². The van der Waals surface area contributed by atoms with Gasteiger partial charge in [-0.15, -0.1) is 6.58 Å². The Morgan fingerprint density at radius 2 is 1.96 bits per heavy atom. The molecule has 0 radical (unpaired) electrons. The smallest absolute Gasteiger partial charge is 0.338 e. The van der Waals surface area contributed by atoms with E-state index in [1.54, 1.807) is 38.1 Å². The van der Waals surface area contributed by atoms with E-state index < -0.39 is 23.1 Å². The zero-order valence-electron chi connectivity index (χ0n) is 15.2. The number of hydrogen-bond donors (Lipinski definition) is 2. The average Bonchev–Trinajstić information content (AvgIpc) is 2.64. The maximum absolute atomic E-state index is 12.2. The Hall–Kier alpha value is -3.42. The lowest BCUT2D eigenvalue weighted by Gasteiger charge is -2.11. The fourth-order valence-corrected chi connectivity index (χ4v) is 2.47. The molecule has 1 heterocycles. The minimum atomic E-state index is -0.726. The molecule has 0 saturated heterocycles. The quantitative estimate of drug-likeness (QED) is 0.440. The number of aromatic hydroxyl groups is 1. The van der Waals surface area contributed by atoms with Gasteiger partial charge in [-0.25, -0.2) is 9.59 Å². The van der Waals surface area contributed by atoms with Crippen LogP contribution in [0.25, 0.3) is 0 Å². The molecule has 2 aromatic rings. The first-order valence-electron chi connectivity index (χ1n) is 8.45. The zero-order chi connectivity index (χ0) is 20.0. The van der Waals surface area contributed by atoms with E-state index in [2.05, 4.69) is 16.6 Å². The summed E-state index contributed by atoms with van der Waals surface area (Å²) >= 11 is 0. The maximum atomic E-state index is 12.2. The Labute approximate surface area is 155 Å². The van der Waals surface area contributed by atoms with Crippen LogP contribution in [0.3, 0.4) is 0 Å². The van der Waals surface area contributed by atoms with Crippen molar-refractivity contribution in [2.45, 2.75) is 26.8 Å². The highest BCUT2D eigenvalue weighted by atomic mass is 16.5. The monoisotopic (exact) mass is 371 g/mol. The molecule has 1 aromatic carbocycles. The Morgan fingerprint density at radius 3 is 2.52 bits per heavy atom. The highest BCUT2D eigenvalue weighted by molar-refractivity contribution is 6.03. The van der Waals surface area contributed by atoms with E-state index in [0.29, 0.717) is 23.4 Å². The number of aromatic amines is 1. The highest BCUT2D eigenvalue weighted by Gasteiger charge is 2.18. The Bertz CT molecular complexity index is 984. The molecular weight excluding hydrogens is 350 g/mol. The van der Waals surface area contributed by atoms with Gasteiger partial charge in [0.25, 0.3) is 5.56 Å². The Kier molecular flexibility index (Phi) is 6.48. The van der Waals surface area contributed by atoms with Gasteiger partial charge < -0.3 is 9.84 Å². The molecule has 2 N–H and O–H groups in total. The number of carbonyl (C=O) groups is 1. The summed E-state index contributed by atoms with van der Waals surface area (Å²) in [6, 6.07) is 6.33. The van der Waals surface area contributed by atoms with E-state index in [1.165, 1.54) is 6.08 Å². The second-order valence-electron chi connectivity index (χ2n) is 5.54. The summed E-state index contributed by atoms with van der Waals surface area (Å²) in [7, 11) is 0. The van der Waals surface area contributed by atoms with Crippen LogP contribution in [-0.4, -0.2) is 32.9 Å². The fraction of sp³-hybridized carbons (Fsp3) is 0.263. The van der Waals surface area contributed by atoms with Crippen LogP contribution in [0.4, 0.5) is 5.69 Å². The molecular formula is C19H21N3O5. The predicted octanol–water partition coefficient (Wildman–Crippen LogP) is 2.14. The molecule has 27 heavy (non-hydrogen) atoms. The molecule has 0 amide bonds. The number of hydrogen-bond acceptors (Lipinski definition) is 6. The van der Waals surface area contributed by atoms with Gasteiger partial charge in [0.15, 0.2) is 0 Å². The molecule has 2 rings (SSSR count). The van der Waals surface area contributed by atoms with Gasteiger partial charge in [-0.2, -0.15) is 0 Å². The lowest BCUT2D eigenvalue weighted by molar-refractivity contribution is 0.0526. The van der Waals surface area contributed by atoms with E-state index in [-0.39, 0.29) is 18.7 Å².